The number of amides is 2. The van der Waals surface area contributed by atoms with E-state index in [1.54, 1.807) is 12.1 Å². The van der Waals surface area contributed by atoms with Gasteiger partial charge in [0.15, 0.2) is 0 Å². The van der Waals surface area contributed by atoms with Crippen molar-refractivity contribution in [3.63, 3.8) is 0 Å². The molecule has 2 amide bonds. The monoisotopic (exact) mass is 398 g/mol. The first-order valence-electron chi connectivity index (χ1n) is 9.91. The number of rotatable bonds is 7. The molecule has 1 atom stereocenters. The van der Waals surface area contributed by atoms with Gasteiger partial charge in [-0.25, -0.2) is 4.39 Å². The second-order valence-electron chi connectivity index (χ2n) is 7.54. The summed E-state index contributed by atoms with van der Waals surface area (Å²) in [5, 5.41) is 5.89. The lowest BCUT2D eigenvalue weighted by molar-refractivity contribution is -0.123. The summed E-state index contributed by atoms with van der Waals surface area (Å²) in [5.74, 6) is -0.597. The molecule has 2 aromatic rings. The van der Waals surface area contributed by atoms with Crippen LogP contribution in [0.2, 0.25) is 0 Å². The largest absolute Gasteiger partial charge is 0.381 e. The first-order chi connectivity index (χ1) is 14.0. The van der Waals surface area contributed by atoms with Crippen molar-refractivity contribution in [3.05, 3.63) is 71.5 Å². The minimum absolute atomic E-state index is 0.138. The topological polar surface area (TPSA) is 67.4 Å². The Morgan fingerprint density at radius 1 is 1.07 bits per heavy atom. The molecule has 0 spiro atoms. The Morgan fingerprint density at radius 2 is 1.72 bits per heavy atom. The number of carbonyl (C=O) groups is 2. The Bertz CT molecular complexity index is 818. The van der Waals surface area contributed by atoms with Gasteiger partial charge in [0.2, 0.25) is 11.8 Å². The maximum absolute atomic E-state index is 13.4. The van der Waals surface area contributed by atoms with Crippen LogP contribution in [0.4, 0.5) is 4.39 Å². The molecule has 0 radical (unpaired) electrons. The lowest BCUT2D eigenvalue weighted by Gasteiger charge is -2.38. The second-order valence-corrected chi connectivity index (χ2v) is 7.54. The number of carbonyl (C=O) groups excluding carboxylic acids is 2. The fraction of sp³-hybridized carbons (Fsp3) is 0.391. The molecule has 0 aliphatic carbocycles. The van der Waals surface area contributed by atoms with Crippen LogP contribution in [0.15, 0.2) is 54.6 Å². The van der Waals surface area contributed by atoms with E-state index in [9.17, 15) is 14.0 Å². The molecule has 1 saturated heterocycles. The van der Waals surface area contributed by atoms with Gasteiger partial charge in [-0.1, -0.05) is 42.5 Å². The fourth-order valence-corrected chi connectivity index (χ4v) is 3.84. The van der Waals surface area contributed by atoms with Gasteiger partial charge in [-0.3, -0.25) is 9.59 Å². The van der Waals surface area contributed by atoms with Gasteiger partial charge in [-0.15, -0.1) is 0 Å². The highest BCUT2D eigenvalue weighted by atomic mass is 19.1. The normalized spacial score (nSPS) is 16.6. The number of halogens is 1. The zero-order chi connectivity index (χ0) is 20.7. The van der Waals surface area contributed by atoms with Crippen LogP contribution in [0.1, 0.15) is 43.4 Å². The number of benzene rings is 2. The van der Waals surface area contributed by atoms with Gasteiger partial charge in [-0.2, -0.15) is 0 Å². The smallest absolute Gasteiger partial charge is 0.222 e. The van der Waals surface area contributed by atoms with Crippen LogP contribution >= 0.6 is 0 Å². The first kappa shape index (κ1) is 21.0. The Balaban J connectivity index is 1.69. The molecule has 1 aliphatic heterocycles. The molecule has 29 heavy (non-hydrogen) atoms. The molecule has 2 N–H and O–H groups in total. The minimum Gasteiger partial charge on any atom is -0.381 e. The van der Waals surface area contributed by atoms with Crippen molar-refractivity contribution < 1.29 is 18.7 Å². The zero-order valence-corrected chi connectivity index (χ0v) is 16.6. The molecule has 1 heterocycles. The molecule has 5 nitrogen and oxygen atoms in total. The van der Waals surface area contributed by atoms with Gasteiger partial charge in [0, 0.05) is 32.1 Å². The summed E-state index contributed by atoms with van der Waals surface area (Å²) >= 11 is 0. The highest BCUT2D eigenvalue weighted by Crippen LogP contribution is 2.34. The predicted molar refractivity (Wildman–Crippen MR) is 109 cm³/mol. The Hall–Kier alpha value is -2.73. The van der Waals surface area contributed by atoms with E-state index in [1.165, 1.54) is 19.1 Å². The van der Waals surface area contributed by atoms with Crippen LogP contribution in [0.5, 0.6) is 0 Å². The maximum Gasteiger partial charge on any atom is 0.222 e. The van der Waals surface area contributed by atoms with Gasteiger partial charge in [0.25, 0.3) is 0 Å². The molecule has 1 aliphatic rings. The van der Waals surface area contributed by atoms with Crippen molar-refractivity contribution in [1.29, 1.82) is 0 Å². The second kappa shape index (κ2) is 9.65. The molecule has 154 valence electrons. The molecule has 1 fully saturated rings. The van der Waals surface area contributed by atoms with E-state index in [1.807, 2.05) is 30.3 Å². The third-order valence-corrected chi connectivity index (χ3v) is 5.50. The zero-order valence-electron chi connectivity index (χ0n) is 16.6. The van der Waals surface area contributed by atoms with Crippen molar-refractivity contribution in [2.24, 2.45) is 0 Å². The van der Waals surface area contributed by atoms with E-state index >= 15 is 0 Å². The number of hydrogen-bond donors (Lipinski definition) is 2. The van der Waals surface area contributed by atoms with E-state index < -0.39 is 0 Å². The third-order valence-electron chi connectivity index (χ3n) is 5.50. The van der Waals surface area contributed by atoms with Gasteiger partial charge < -0.3 is 15.4 Å². The van der Waals surface area contributed by atoms with E-state index in [4.69, 9.17) is 4.74 Å². The van der Waals surface area contributed by atoms with Crippen LogP contribution in [0, 0.1) is 5.82 Å². The SMILES string of the molecule is CC(=O)NC(CC(=O)NCC1(c2ccc(F)cc2)CCOCC1)c1ccccc1. The van der Waals surface area contributed by atoms with Crippen molar-refractivity contribution in [2.45, 2.75) is 37.6 Å². The standard InChI is InChI=1S/C23H27FN2O3/c1-17(27)26-21(18-5-3-2-4-6-18)15-22(28)25-16-23(11-13-29-14-12-23)19-7-9-20(24)10-8-19/h2-10,21H,11-16H2,1H3,(H,25,28)(H,26,27). The lowest BCUT2D eigenvalue weighted by atomic mass is 9.74. The van der Waals surface area contributed by atoms with Crippen LogP contribution in [0.3, 0.4) is 0 Å². The van der Waals surface area contributed by atoms with Gasteiger partial charge in [0.1, 0.15) is 5.82 Å². The summed E-state index contributed by atoms with van der Waals surface area (Å²) in [6, 6.07) is 15.6. The summed E-state index contributed by atoms with van der Waals surface area (Å²) < 4.78 is 18.9. The van der Waals surface area contributed by atoms with Gasteiger partial charge >= 0.3 is 0 Å². The summed E-state index contributed by atoms with van der Waals surface area (Å²) in [4.78, 5) is 24.3. The van der Waals surface area contributed by atoms with E-state index in [0.29, 0.717) is 19.8 Å². The summed E-state index contributed by atoms with van der Waals surface area (Å²) in [6.07, 6.45) is 1.67. The Labute approximate surface area is 170 Å². The molecule has 6 heteroatoms. The minimum atomic E-state index is -0.384. The molecule has 0 saturated carbocycles. The summed E-state index contributed by atoms with van der Waals surface area (Å²) in [7, 11) is 0. The molecular weight excluding hydrogens is 371 g/mol. The molecule has 2 aromatic carbocycles. The van der Waals surface area contributed by atoms with E-state index in [-0.39, 0.29) is 35.5 Å². The molecular formula is C23H27FN2O3. The molecule has 0 aromatic heterocycles. The van der Waals surface area contributed by atoms with Crippen LogP contribution in [0.25, 0.3) is 0 Å². The predicted octanol–water partition coefficient (Wildman–Crippen LogP) is 3.26. The average molecular weight is 398 g/mol. The Kier molecular flexibility index (Phi) is 6.99. The van der Waals surface area contributed by atoms with E-state index in [2.05, 4.69) is 10.6 Å². The highest BCUT2D eigenvalue weighted by Gasteiger charge is 2.35. The van der Waals surface area contributed by atoms with Crippen molar-refractivity contribution in [1.82, 2.24) is 10.6 Å². The van der Waals surface area contributed by atoms with Gasteiger partial charge in [0.05, 0.1) is 12.5 Å². The van der Waals surface area contributed by atoms with Crippen LogP contribution < -0.4 is 10.6 Å². The third kappa shape index (κ3) is 5.64. The lowest BCUT2D eigenvalue weighted by Crippen LogP contribution is -2.45. The van der Waals surface area contributed by atoms with E-state index in [0.717, 1.165) is 24.0 Å². The molecule has 0 bridgehead atoms. The molecule has 1 unspecified atom stereocenters. The van der Waals surface area contributed by atoms with Crippen molar-refractivity contribution in [2.75, 3.05) is 19.8 Å². The Morgan fingerprint density at radius 3 is 2.34 bits per heavy atom. The number of hydrogen-bond acceptors (Lipinski definition) is 3. The fourth-order valence-electron chi connectivity index (χ4n) is 3.84. The average Bonchev–Trinajstić information content (AvgIpc) is 2.73. The quantitative estimate of drug-likeness (QED) is 0.752. The summed E-state index contributed by atoms with van der Waals surface area (Å²) in [5.41, 5.74) is 1.61. The maximum atomic E-state index is 13.4. The number of nitrogens with one attached hydrogen (secondary N) is 2. The highest BCUT2D eigenvalue weighted by molar-refractivity contribution is 5.79. The number of ether oxygens (including phenoxy) is 1. The molecule has 3 rings (SSSR count). The van der Waals surface area contributed by atoms with Gasteiger partial charge in [-0.05, 0) is 36.1 Å². The summed E-state index contributed by atoms with van der Waals surface area (Å²) in [6.45, 7) is 3.10. The van der Waals surface area contributed by atoms with Crippen LogP contribution in [-0.4, -0.2) is 31.6 Å². The van der Waals surface area contributed by atoms with Crippen molar-refractivity contribution in [3.8, 4) is 0 Å². The van der Waals surface area contributed by atoms with Crippen molar-refractivity contribution >= 4 is 11.8 Å². The van der Waals surface area contributed by atoms with Crippen LogP contribution in [-0.2, 0) is 19.7 Å². The first-order valence-corrected chi connectivity index (χ1v) is 9.91.